The molecule has 2 aromatic rings. The van der Waals surface area contributed by atoms with Crippen LogP contribution in [0.25, 0.3) is 0 Å². The maximum atomic E-state index is 12.7. The summed E-state index contributed by atoms with van der Waals surface area (Å²) in [5.74, 6) is -1.72. The van der Waals surface area contributed by atoms with E-state index in [4.69, 9.17) is 4.74 Å². The van der Waals surface area contributed by atoms with Crippen LogP contribution in [0.3, 0.4) is 0 Å². The summed E-state index contributed by atoms with van der Waals surface area (Å²) in [4.78, 5) is 16.5. The van der Waals surface area contributed by atoms with Gasteiger partial charge in [-0.3, -0.25) is 4.79 Å². The first-order valence-corrected chi connectivity index (χ1v) is 9.33. The molecule has 27 heavy (non-hydrogen) atoms. The minimum Gasteiger partial charge on any atom is -0.471 e. The number of rotatable bonds is 6. The zero-order valence-corrected chi connectivity index (χ0v) is 15.8. The van der Waals surface area contributed by atoms with Gasteiger partial charge in [-0.05, 0) is 18.2 Å². The molecule has 0 aliphatic carbocycles. The topological polar surface area (TPSA) is 58.6 Å². The lowest BCUT2D eigenvalue weighted by molar-refractivity contribution is 0.0767. The second kappa shape index (κ2) is 8.51. The van der Waals surface area contributed by atoms with Gasteiger partial charge in [0.05, 0.1) is 12.1 Å². The molecule has 1 amide bonds. The van der Waals surface area contributed by atoms with E-state index >= 15 is 0 Å². The van der Waals surface area contributed by atoms with Crippen LogP contribution in [0.2, 0.25) is 0 Å². The molecule has 1 aliphatic rings. The zero-order chi connectivity index (χ0) is 19.4. The maximum Gasteiger partial charge on any atom is 0.288 e. The third-order valence-electron chi connectivity index (χ3n) is 4.14. The summed E-state index contributed by atoms with van der Waals surface area (Å²) >= 11 is 0.385. The summed E-state index contributed by atoms with van der Waals surface area (Å²) in [6.45, 7) is 0.879. The van der Waals surface area contributed by atoms with Crippen molar-refractivity contribution in [2.45, 2.75) is 23.2 Å². The number of thioether (sulfide) groups is 1. The number of carbonyl (C=O) groups is 1. The number of halogens is 2. The van der Waals surface area contributed by atoms with Crippen LogP contribution in [0.1, 0.15) is 16.8 Å². The largest absolute Gasteiger partial charge is 0.471 e. The Balaban J connectivity index is 1.63. The number of likely N-dealkylation sites (tertiary alicyclic amines) is 1. The van der Waals surface area contributed by atoms with E-state index in [2.05, 4.69) is 10.2 Å². The Bertz CT molecular complexity index is 789. The number of hydrogen-bond acceptors (Lipinski definition) is 6. The summed E-state index contributed by atoms with van der Waals surface area (Å²) in [6.07, 6.45) is 0.441. The van der Waals surface area contributed by atoms with Crippen molar-refractivity contribution in [2.75, 3.05) is 32.1 Å². The van der Waals surface area contributed by atoms with Crippen LogP contribution in [0, 0.1) is 0 Å². The first-order chi connectivity index (χ1) is 12.9. The first-order valence-electron chi connectivity index (χ1n) is 8.45. The summed E-state index contributed by atoms with van der Waals surface area (Å²) in [5.41, 5.74) is 0.290. The van der Waals surface area contributed by atoms with Crippen molar-refractivity contribution in [3.63, 3.8) is 0 Å². The molecule has 144 valence electrons. The third-order valence-corrected chi connectivity index (χ3v) is 4.93. The van der Waals surface area contributed by atoms with E-state index < -0.39 is 5.76 Å². The Hall–Kier alpha value is -2.42. The highest BCUT2D eigenvalue weighted by Crippen LogP contribution is 2.30. The number of carbonyl (C=O) groups excluding carboxylic acids is 1. The van der Waals surface area contributed by atoms with Gasteiger partial charge in [-0.15, -0.1) is 10.2 Å². The molecule has 0 N–H and O–H groups in total. The average Bonchev–Trinajstić information content (AvgIpc) is 3.10. The highest BCUT2D eigenvalue weighted by Gasteiger charge is 2.30. The Morgan fingerprint density at radius 3 is 2.70 bits per heavy atom. The second-order valence-electron chi connectivity index (χ2n) is 6.28. The molecule has 1 saturated heterocycles. The van der Waals surface area contributed by atoms with Crippen LogP contribution in [0.5, 0.6) is 5.88 Å². The van der Waals surface area contributed by atoms with Gasteiger partial charge in [0.1, 0.15) is 6.10 Å². The Morgan fingerprint density at radius 2 is 2.04 bits per heavy atom. The average molecular weight is 394 g/mol. The monoisotopic (exact) mass is 394 g/mol. The zero-order valence-electron chi connectivity index (χ0n) is 15.0. The van der Waals surface area contributed by atoms with Crippen molar-refractivity contribution in [1.29, 1.82) is 0 Å². The molecule has 6 nitrogen and oxygen atoms in total. The van der Waals surface area contributed by atoms with E-state index in [1.54, 1.807) is 35.2 Å². The molecule has 1 fully saturated rings. The van der Waals surface area contributed by atoms with Crippen LogP contribution >= 0.6 is 11.8 Å². The van der Waals surface area contributed by atoms with E-state index in [-0.39, 0.29) is 16.9 Å². The molecule has 0 bridgehead atoms. The van der Waals surface area contributed by atoms with E-state index in [0.29, 0.717) is 42.7 Å². The van der Waals surface area contributed by atoms with Crippen molar-refractivity contribution < 1.29 is 18.3 Å². The van der Waals surface area contributed by atoms with Crippen LogP contribution < -0.4 is 9.64 Å². The molecule has 0 radical (unpaired) electrons. The van der Waals surface area contributed by atoms with E-state index in [1.165, 1.54) is 6.07 Å². The summed E-state index contributed by atoms with van der Waals surface area (Å²) in [7, 11) is 3.74. The fraction of sp³-hybridized carbons (Fsp3) is 0.389. The molecule has 1 aliphatic heterocycles. The summed E-state index contributed by atoms with van der Waals surface area (Å²) in [5, 5.41) is 8.09. The number of benzene rings is 1. The number of amides is 1. The van der Waals surface area contributed by atoms with Gasteiger partial charge >= 0.3 is 0 Å². The van der Waals surface area contributed by atoms with Gasteiger partial charge in [-0.1, -0.05) is 23.9 Å². The quantitative estimate of drug-likeness (QED) is 0.702. The van der Waals surface area contributed by atoms with Crippen LogP contribution in [-0.2, 0) is 0 Å². The van der Waals surface area contributed by atoms with Gasteiger partial charge in [0, 0.05) is 38.0 Å². The van der Waals surface area contributed by atoms with E-state index in [9.17, 15) is 13.6 Å². The van der Waals surface area contributed by atoms with Crippen molar-refractivity contribution in [3.05, 3.63) is 42.0 Å². The standard InChI is InChI=1S/C18H20F2N4O2S/c1-23(2)15-7-8-16(22-21-15)26-12-9-10-24(11-12)17(25)13-5-3-4-6-14(13)27-18(19)20/h3-8,12,18H,9-11H2,1-2H3. The van der Waals surface area contributed by atoms with E-state index in [1.807, 2.05) is 19.0 Å². The molecular weight excluding hydrogens is 374 g/mol. The summed E-state index contributed by atoms with van der Waals surface area (Å²) in [6, 6.07) is 9.98. The smallest absolute Gasteiger partial charge is 0.288 e. The minimum atomic E-state index is -2.57. The molecule has 0 saturated carbocycles. The lowest BCUT2D eigenvalue weighted by Gasteiger charge is -2.18. The first kappa shape index (κ1) is 19.3. The minimum absolute atomic E-state index is 0.205. The van der Waals surface area contributed by atoms with Crippen molar-refractivity contribution in [3.8, 4) is 5.88 Å². The predicted octanol–water partition coefficient (Wildman–Crippen LogP) is 3.15. The Labute approximate surface area is 160 Å². The molecule has 9 heteroatoms. The number of ether oxygens (including phenoxy) is 1. The maximum absolute atomic E-state index is 12.7. The second-order valence-corrected chi connectivity index (χ2v) is 7.31. The number of hydrogen-bond donors (Lipinski definition) is 0. The number of anilines is 1. The van der Waals surface area contributed by atoms with Gasteiger partial charge < -0.3 is 14.5 Å². The number of alkyl halides is 2. The molecule has 1 atom stereocenters. The fourth-order valence-corrected chi connectivity index (χ4v) is 3.44. The molecule has 3 rings (SSSR count). The molecular formula is C18H20F2N4O2S. The van der Waals surface area contributed by atoms with E-state index in [0.717, 1.165) is 5.82 Å². The third kappa shape index (κ3) is 4.85. The highest BCUT2D eigenvalue weighted by molar-refractivity contribution is 7.99. The molecule has 1 aromatic carbocycles. The van der Waals surface area contributed by atoms with Gasteiger partial charge in [0.2, 0.25) is 5.88 Å². The molecule has 0 spiro atoms. The van der Waals surface area contributed by atoms with Crippen LogP contribution in [0.15, 0.2) is 41.3 Å². The predicted molar refractivity (Wildman–Crippen MR) is 99.6 cm³/mol. The molecule has 1 aromatic heterocycles. The van der Waals surface area contributed by atoms with Gasteiger partial charge in [-0.2, -0.15) is 8.78 Å². The normalized spacial score (nSPS) is 16.6. The highest BCUT2D eigenvalue weighted by atomic mass is 32.2. The fourth-order valence-electron chi connectivity index (χ4n) is 2.81. The lowest BCUT2D eigenvalue weighted by Crippen LogP contribution is -2.31. The molecule has 1 unspecified atom stereocenters. The van der Waals surface area contributed by atoms with Crippen molar-refractivity contribution >= 4 is 23.5 Å². The SMILES string of the molecule is CN(C)c1ccc(OC2CCN(C(=O)c3ccccc3SC(F)F)C2)nn1. The van der Waals surface area contributed by atoms with Crippen LogP contribution in [0.4, 0.5) is 14.6 Å². The van der Waals surface area contributed by atoms with Gasteiger partial charge in [0.25, 0.3) is 11.7 Å². The number of aromatic nitrogens is 2. The van der Waals surface area contributed by atoms with Gasteiger partial charge in [-0.25, -0.2) is 0 Å². The lowest BCUT2D eigenvalue weighted by atomic mass is 10.2. The van der Waals surface area contributed by atoms with Crippen LogP contribution in [-0.4, -0.2) is 60.1 Å². The summed E-state index contributed by atoms with van der Waals surface area (Å²) < 4.78 is 31.3. The molecule has 2 heterocycles. The Kier molecular flexibility index (Phi) is 6.10. The van der Waals surface area contributed by atoms with Crippen molar-refractivity contribution in [2.24, 2.45) is 0 Å². The Morgan fingerprint density at radius 1 is 1.26 bits per heavy atom. The van der Waals surface area contributed by atoms with Crippen molar-refractivity contribution in [1.82, 2.24) is 15.1 Å². The van der Waals surface area contributed by atoms with Gasteiger partial charge in [0.15, 0.2) is 5.82 Å². The number of nitrogens with zero attached hydrogens (tertiary/aromatic N) is 4.